The molecule has 47 heavy (non-hydrogen) atoms. The molecule has 0 N–H and O–H groups in total. The smallest absolute Gasteiger partial charge is 0.332 e. The number of unbranched alkanes of at least 4 members (excludes halogenated alkanes) is 2. The van der Waals surface area contributed by atoms with Crippen LogP contribution in [0, 0.1) is 10.8 Å². The molecule has 2 aromatic carbocycles. The average molecular weight is 653 g/mol. The Morgan fingerprint density at radius 1 is 0.681 bits per heavy atom. The van der Waals surface area contributed by atoms with Crippen molar-refractivity contribution in [2.45, 2.75) is 131 Å². The number of hydrogen-bond donors (Lipinski definition) is 0. The zero-order chi connectivity index (χ0) is 35.5. The van der Waals surface area contributed by atoms with Crippen molar-refractivity contribution in [3.63, 3.8) is 0 Å². The van der Waals surface area contributed by atoms with Crippen molar-refractivity contribution in [3.05, 3.63) is 71.8 Å². The first kappa shape index (κ1) is 39.8. The minimum atomic E-state index is -1.09. The number of carbonyl (C=O) groups excluding carboxylic acids is 4. The van der Waals surface area contributed by atoms with E-state index in [1.807, 2.05) is 81.4 Å². The van der Waals surface area contributed by atoms with E-state index >= 15 is 0 Å². The van der Waals surface area contributed by atoms with Crippen LogP contribution in [0.25, 0.3) is 0 Å². The van der Waals surface area contributed by atoms with E-state index in [1.165, 1.54) is 0 Å². The first-order chi connectivity index (χ1) is 21.7. The van der Waals surface area contributed by atoms with Crippen LogP contribution in [0.3, 0.4) is 0 Å². The molecular formula is C39H56O8. The molecule has 8 heteroatoms. The van der Waals surface area contributed by atoms with E-state index in [2.05, 4.69) is 0 Å². The Kier molecular flexibility index (Phi) is 14.5. The lowest BCUT2D eigenvalue weighted by molar-refractivity contribution is -0.180. The molecule has 2 unspecified atom stereocenters. The zero-order valence-electron chi connectivity index (χ0n) is 30.1. The van der Waals surface area contributed by atoms with Crippen LogP contribution in [0.1, 0.15) is 119 Å². The van der Waals surface area contributed by atoms with E-state index in [4.69, 9.17) is 18.9 Å². The summed E-state index contributed by atoms with van der Waals surface area (Å²) in [4.78, 5) is 52.5. The second-order valence-corrected chi connectivity index (χ2v) is 15.1. The van der Waals surface area contributed by atoms with Gasteiger partial charge in [0.1, 0.15) is 19.3 Å². The van der Waals surface area contributed by atoms with Crippen LogP contribution in [-0.2, 0) is 44.7 Å². The predicted molar refractivity (Wildman–Crippen MR) is 183 cm³/mol. The number of ketones is 2. The summed E-state index contributed by atoms with van der Waals surface area (Å²) in [6.45, 7) is 18.0. The van der Waals surface area contributed by atoms with E-state index in [1.54, 1.807) is 48.5 Å². The SMILES string of the molecule is CC(C)(C)OC(C(=O)C(C)(C)C(C)(C)OCC(=O)OC(CCCCCC(=O)OCc1ccccc1)C(=O)C(C)(C)C)c1ccccc1. The molecule has 0 aliphatic carbocycles. The largest absolute Gasteiger partial charge is 0.461 e. The van der Waals surface area contributed by atoms with Crippen LogP contribution in [0.5, 0.6) is 0 Å². The highest BCUT2D eigenvalue weighted by Crippen LogP contribution is 2.41. The van der Waals surface area contributed by atoms with Gasteiger partial charge in [0.15, 0.2) is 17.7 Å². The average Bonchev–Trinajstić information content (AvgIpc) is 3.00. The highest BCUT2D eigenvalue weighted by molar-refractivity contribution is 5.91. The fourth-order valence-electron chi connectivity index (χ4n) is 4.80. The summed E-state index contributed by atoms with van der Waals surface area (Å²) in [7, 11) is 0. The summed E-state index contributed by atoms with van der Waals surface area (Å²) < 4.78 is 23.3. The van der Waals surface area contributed by atoms with Gasteiger partial charge in [0.2, 0.25) is 0 Å². The van der Waals surface area contributed by atoms with Gasteiger partial charge in [0.25, 0.3) is 0 Å². The second-order valence-electron chi connectivity index (χ2n) is 15.1. The molecule has 0 spiro atoms. The summed E-state index contributed by atoms with van der Waals surface area (Å²) in [5.41, 5.74) is -1.79. The van der Waals surface area contributed by atoms with E-state index in [0.717, 1.165) is 11.1 Å². The number of esters is 2. The minimum absolute atomic E-state index is 0.179. The molecule has 0 saturated heterocycles. The van der Waals surface area contributed by atoms with Crippen molar-refractivity contribution >= 4 is 23.5 Å². The second kappa shape index (κ2) is 17.2. The van der Waals surface area contributed by atoms with Crippen LogP contribution >= 0.6 is 0 Å². The van der Waals surface area contributed by atoms with Crippen LogP contribution in [0.15, 0.2) is 60.7 Å². The van der Waals surface area contributed by atoms with Gasteiger partial charge in [-0.05, 0) is 65.0 Å². The summed E-state index contributed by atoms with van der Waals surface area (Å²) in [5, 5.41) is 0. The molecule has 0 heterocycles. The maximum atomic E-state index is 14.0. The maximum absolute atomic E-state index is 14.0. The van der Waals surface area contributed by atoms with Gasteiger partial charge in [-0.2, -0.15) is 0 Å². The first-order valence-electron chi connectivity index (χ1n) is 16.6. The molecule has 260 valence electrons. The third-order valence-electron chi connectivity index (χ3n) is 8.38. The molecule has 2 rings (SSSR count). The van der Waals surface area contributed by atoms with Crippen molar-refractivity contribution in [2.24, 2.45) is 10.8 Å². The van der Waals surface area contributed by atoms with E-state index < -0.39 is 46.8 Å². The normalized spacial score (nSPS) is 13.8. The lowest BCUT2D eigenvalue weighted by Crippen LogP contribution is -2.50. The van der Waals surface area contributed by atoms with E-state index in [0.29, 0.717) is 25.7 Å². The highest BCUT2D eigenvalue weighted by atomic mass is 16.6. The van der Waals surface area contributed by atoms with Crippen LogP contribution < -0.4 is 0 Å². The Bertz CT molecular complexity index is 1300. The van der Waals surface area contributed by atoms with Crippen LogP contribution in [-0.4, -0.2) is 47.4 Å². The zero-order valence-corrected chi connectivity index (χ0v) is 30.1. The van der Waals surface area contributed by atoms with E-state index in [-0.39, 0.29) is 30.6 Å². The van der Waals surface area contributed by atoms with Crippen molar-refractivity contribution in [1.29, 1.82) is 0 Å². The number of rotatable bonds is 18. The number of ether oxygens (including phenoxy) is 4. The maximum Gasteiger partial charge on any atom is 0.332 e. The third kappa shape index (κ3) is 13.0. The van der Waals surface area contributed by atoms with Crippen molar-refractivity contribution in [2.75, 3.05) is 6.61 Å². The molecule has 0 aliphatic rings. The van der Waals surface area contributed by atoms with Crippen LogP contribution in [0.2, 0.25) is 0 Å². The molecule has 8 nitrogen and oxygen atoms in total. The monoisotopic (exact) mass is 652 g/mol. The number of carbonyl (C=O) groups is 4. The fraction of sp³-hybridized carbons (Fsp3) is 0.590. The Balaban J connectivity index is 1.98. The topological polar surface area (TPSA) is 105 Å². The molecule has 0 radical (unpaired) electrons. The standard InChI is InChI=1S/C39H56O8/c1-36(2,3)34(42)30(24-18-13-19-25-31(40)44-26-28-20-14-11-15-21-28)46-32(41)27-45-39(9,10)38(7,8)35(43)33(47-37(4,5)6)29-22-16-12-17-23-29/h11-12,14-17,20-23,30,33H,13,18-19,24-27H2,1-10H3. The molecule has 0 fully saturated rings. The Hall–Kier alpha value is -3.36. The molecule has 0 aliphatic heterocycles. The summed E-state index contributed by atoms with van der Waals surface area (Å²) in [5.74, 6) is -1.32. The van der Waals surface area contributed by atoms with Crippen molar-refractivity contribution in [3.8, 4) is 0 Å². The lowest BCUT2D eigenvalue weighted by atomic mass is 9.71. The van der Waals surface area contributed by atoms with Crippen molar-refractivity contribution in [1.82, 2.24) is 0 Å². The summed E-state index contributed by atoms with van der Waals surface area (Å²) >= 11 is 0. The van der Waals surface area contributed by atoms with Gasteiger partial charge in [-0.1, -0.05) is 102 Å². The summed E-state index contributed by atoms with van der Waals surface area (Å²) in [6.07, 6.45) is 0.683. The number of hydrogen-bond acceptors (Lipinski definition) is 8. The number of benzene rings is 2. The fourth-order valence-corrected chi connectivity index (χ4v) is 4.80. The van der Waals surface area contributed by atoms with Gasteiger partial charge in [-0.15, -0.1) is 0 Å². The van der Waals surface area contributed by atoms with Gasteiger partial charge in [0, 0.05) is 11.8 Å². The quantitative estimate of drug-likeness (QED) is 0.117. The Morgan fingerprint density at radius 2 is 1.26 bits per heavy atom. The molecular weight excluding hydrogens is 596 g/mol. The number of Topliss-reactive ketones (excluding diaryl/α,β-unsaturated/α-hetero) is 2. The molecule has 2 aromatic rings. The summed E-state index contributed by atoms with van der Waals surface area (Å²) in [6, 6.07) is 18.8. The molecule has 0 saturated carbocycles. The van der Waals surface area contributed by atoms with Gasteiger partial charge >= 0.3 is 11.9 Å². The Morgan fingerprint density at radius 3 is 1.81 bits per heavy atom. The van der Waals surface area contributed by atoms with Gasteiger partial charge in [-0.3, -0.25) is 14.4 Å². The first-order valence-corrected chi connectivity index (χ1v) is 16.6. The van der Waals surface area contributed by atoms with E-state index in [9.17, 15) is 19.2 Å². The van der Waals surface area contributed by atoms with Gasteiger partial charge in [0.05, 0.1) is 16.6 Å². The predicted octanol–water partition coefficient (Wildman–Crippen LogP) is 8.15. The minimum Gasteiger partial charge on any atom is -0.461 e. The lowest BCUT2D eigenvalue weighted by Gasteiger charge is -2.42. The molecule has 2 atom stereocenters. The van der Waals surface area contributed by atoms with Crippen LogP contribution in [0.4, 0.5) is 0 Å². The van der Waals surface area contributed by atoms with Gasteiger partial charge < -0.3 is 18.9 Å². The molecule has 0 aromatic heterocycles. The molecule has 0 bridgehead atoms. The van der Waals surface area contributed by atoms with Crippen molar-refractivity contribution < 1.29 is 38.1 Å². The van der Waals surface area contributed by atoms with Gasteiger partial charge in [-0.25, -0.2) is 4.79 Å². The third-order valence-corrected chi connectivity index (χ3v) is 8.38. The Labute approximate surface area is 281 Å². The molecule has 0 amide bonds. The highest BCUT2D eigenvalue weighted by Gasteiger charge is 2.48.